The Hall–Kier alpha value is -0.460. The topological polar surface area (TPSA) is 9.23 Å². The number of allylic oxidation sites excluding steroid dienone is 1. The number of ether oxygens (including phenoxy) is 1. The lowest BCUT2D eigenvalue weighted by Crippen LogP contribution is -2.01. The SMILES string of the molecule is CC(C)COC=CC(C)(C)C. The zero-order valence-electron chi connectivity index (χ0n) is 8.35. The van der Waals surface area contributed by atoms with Crippen molar-refractivity contribution in [1.82, 2.24) is 0 Å². The zero-order valence-corrected chi connectivity index (χ0v) is 8.35. The molecule has 0 saturated carbocycles. The Labute approximate surface area is 70.4 Å². The Morgan fingerprint density at radius 2 is 1.82 bits per heavy atom. The van der Waals surface area contributed by atoms with E-state index in [1.54, 1.807) is 6.26 Å². The Bertz CT molecular complexity index is 117. The van der Waals surface area contributed by atoms with Gasteiger partial charge in [0.05, 0.1) is 12.9 Å². The van der Waals surface area contributed by atoms with Gasteiger partial charge in [-0.25, -0.2) is 0 Å². The molecule has 1 nitrogen and oxygen atoms in total. The fraction of sp³-hybridized carbons (Fsp3) is 0.800. The van der Waals surface area contributed by atoms with E-state index >= 15 is 0 Å². The van der Waals surface area contributed by atoms with Crippen LogP contribution >= 0.6 is 0 Å². The second-order valence-electron chi connectivity index (χ2n) is 4.40. The van der Waals surface area contributed by atoms with E-state index in [-0.39, 0.29) is 5.41 Å². The predicted octanol–water partition coefficient (Wildman–Crippen LogP) is 3.22. The first-order valence-corrected chi connectivity index (χ1v) is 4.21. The Morgan fingerprint density at radius 3 is 2.18 bits per heavy atom. The highest BCUT2D eigenvalue weighted by Gasteiger charge is 2.03. The largest absolute Gasteiger partial charge is 0.501 e. The lowest BCUT2D eigenvalue weighted by Gasteiger charge is -2.11. The van der Waals surface area contributed by atoms with E-state index < -0.39 is 0 Å². The molecule has 0 aliphatic carbocycles. The maximum Gasteiger partial charge on any atom is 0.0895 e. The van der Waals surface area contributed by atoms with Gasteiger partial charge in [-0.05, 0) is 17.4 Å². The Kier molecular flexibility index (Phi) is 4.24. The number of hydrogen-bond donors (Lipinski definition) is 0. The summed E-state index contributed by atoms with van der Waals surface area (Å²) in [6.07, 6.45) is 3.88. The van der Waals surface area contributed by atoms with Crippen molar-refractivity contribution in [2.24, 2.45) is 11.3 Å². The Balaban J connectivity index is 3.46. The second kappa shape index (κ2) is 4.42. The molecule has 0 aromatic rings. The molecule has 0 heterocycles. The molecular formula is C10H20O. The van der Waals surface area contributed by atoms with Gasteiger partial charge in [-0.1, -0.05) is 34.6 Å². The second-order valence-corrected chi connectivity index (χ2v) is 4.40. The normalized spacial score (nSPS) is 12.9. The van der Waals surface area contributed by atoms with Crippen LogP contribution in [0.3, 0.4) is 0 Å². The average Bonchev–Trinajstić information content (AvgIpc) is 1.78. The third-order valence-electron chi connectivity index (χ3n) is 1.09. The van der Waals surface area contributed by atoms with E-state index in [1.165, 1.54) is 0 Å². The van der Waals surface area contributed by atoms with E-state index in [0.717, 1.165) is 6.61 Å². The molecule has 0 rings (SSSR count). The van der Waals surface area contributed by atoms with Crippen LogP contribution in [0.1, 0.15) is 34.6 Å². The van der Waals surface area contributed by atoms with Crippen molar-refractivity contribution in [3.05, 3.63) is 12.3 Å². The lowest BCUT2D eigenvalue weighted by molar-refractivity contribution is 0.208. The first-order chi connectivity index (χ1) is 4.92. The molecule has 0 fully saturated rings. The molecule has 0 atom stereocenters. The summed E-state index contributed by atoms with van der Waals surface area (Å²) in [5, 5.41) is 0. The molecule has 0 saturated heterocycles. The monoisotopic (exact) mass is 156 g/mol. The highest BCUT2D eigenvalue weighted by Crippen LogP contribution is 2.14. The minimum Gasteiger partial charge on any atom is -0.501 e. The van der Waals surface area contributed by atoms with Gasteiger partial charge in [0, 0.05) is 0 Å². The molecule has 11 heavy (non-hydrogen) atoms. The van der Waals surface area contributed by atoms with Crippen LogP contribution in [0, 0.1) is 11.3 Å². The average molecular weight is 156 g/mol. The van der Waals surface area contributed by atoms with Crippen molar-refractivity contribution in [2.75, 3.05) is 6.61 Å². The Morgan fingerprint density at radius 1 is 1.27 bits per heavy atom. The van der Waals surface area contributed by atoms with Crippen LogP contribution < -0.4 is 0 Å². The highest BCUT2D eigenvalue weighted by molar-refractivity contribution is 4.87. The molecular weight excluding hydrogens is 136 g/mol. The van der Waals surface area contributed by atoms with Gasteiger partial charge in [-0.2, -0.15) is 0 Å². The minimum atomic E-state index is 0.233. The molecule has 1 heteroatoms. The maximum absolute atomic E-state index is 5.29. The smallest absolute Gasteiger partial charge is 0.0895 e. The summed E-state index contributed by atoms with van der Waals surface area (Å²) in [6.45, 7) is 11.6. The van der Waals surface area contributed by atoms with Gasteiger partial charge in [-0.3, -0.25) is 0 Å². The summed E-state index contributed by atoms with van der Waals surface area (Å²) in [6, 6.07) is 0. The van der Waals surface area contributed by atoms with E-state index in [9.17, 15) is 0 Å². The van der Waals surface area contributed by atoms with Crippen LogP contribution in [-0.2, 0) is 4.74 Å². The molecule has 0 N–H and O–H groups in total. The number of rotatable bonds is 3. The standard InChI is InChI=1S/C10H20O/c1-9(2)8-11-7-6-10(3,4)5/h6-7,9H,8H2,1-5H3. The molecule has 0 bridgehead atoms. The molecule has 0 radical (unpaired) electrons. The van der Waals surface area contributed by atoms with E-state index in [2.05, 4.69) is 40.7 Å². The van der Waals surface area contributed by atoms with Gasteiger partial charge in [0.25, 0.3) is 0 Å². The lowest BCUT2D eigenvalue weighted by atomic mass is 9.97. The van der Waals surface area contributed by atoms with Gasteiger partial charge in [0.1, 0.15) is 0 Å². The summed E-state index contributed by atoms with van der Waals surface area (Å²) in [5.41, 5.74) is 0.233. The third-order valence-corrected chi connectivity index (χ3v) is 1.09. The van der Waals surface area contributed by atoms with Crippen molar-refractivity contribution in [2.45, 2.75) is 34.6 Å². The molecule has 0 amide bonds. The molecule has 0 spiro atoms. The van der Waals surface area contributed by atoms with Gasteiger partial charge in [-0.15, -0.1) is 0 Å². The molecule has 0 unspecified atom stereocenters. The summed E-state index contributed by atoms with van der Waals surface area (Å²) in [4.78, 5) is 0. The summed E-state index contributed by atoms with van der Waals surface area (Å²) in [7, 11) is 0. The van der Waals surface area contributed by atoms with Gasteiger partial charge >= 0.3 is 0 Å². The van der Waals surface area contributed by atoms with Gasteiger partial charge in [0.15, 0.2) is 0 Å². The number of hydrogen-bond acceptors (Lipinski definition) is 1. The van der Waals surface area contributed by atoms with E-state index in [1.807, 2.05) is 0 Å². The van der Waals surface area contributed by atoms with Crippen LogP contribution in [0.2, 0.25) is 0 Å². The maximum atomic E-state index is 5.29. The fourth-order valence-corrected chi connectivity index (χ4v) is 0.500. The van der Waals surface area contributed by atoms with Crippen LogP contribution in [0.5, 0.6) is 0 Å². The molecule has 0 aromatic carbocycles. The molecule has 0 aliphatic rings. The summed E-state index contributed by atoms with van der Waals surface area (Å²) in [5.74, 6) is 0.611. The predicted molar refractivity (Wildman–Crippen MR) is 49.4 cm³/mol. The highest BCUT2D eigenvalue weighted by atomic mass is 16.5. The van der Waals surface area contributed by atoms with Crippen LogP contribution in [0.25, 0.3) is 0 Å². The van der Waals surface area contributed by atoms with Crippen LogP contribution in [0.4, 0.5) is 0 Å². The van der Waals surface area contributed by atoms with Crippen molar-refractivity contribution < 1.29 is 4.74 Å². The van der Waals surface area contributed by atoms with Gasteiger partial charge in [0.2, 0.25) is 0 Å². The molecule has 66 valence electrons. The first-order valence-electron chi connectivity index (χ1n) is 4.21. The van der Waals surface area contributed by atoms with Crippen molar-refractivity contribution in [3.8, 4) is 0 Å². The molecule has 0 aromatic heterocycles. The van der Waals surface area contributed by atoms with Crippen molar-refractivity contribution >= 4 is 0 Å². The summed E-state index contributed by atoms with van der Waals surface area (Å²) >= 11 is 0. The quantitative estimate of drug-likeness (QED) is 0.570. The third kappa shape index (κ3) is 9.54. The fourth-order valence-electron chi connectivity index (χ4n) is 0.500. The molecule has 0 aliphatic heterocycles. The van der Waals surface area contributed by atoms with Gasteiger partial charge < -0.3 is 4.74 Å². The van der Waals surface area contributed by atoms with E-state index in [4.69, 9.17) is 4.74 Å². The van der Waals surface area contributed by atoms with Crippen LogP contribution in [-0.4, -0.2) is 6.61 Å². The minimum absolute atomic E-state index is 0.233. The van der Waals surface area contributed by atoms with Crippen LogP contribution in [0.15, 0.2) is 12.3 Å². The zero-order chi connectivity index (χ0) is 8.91. The van der Waals surface area contributed by atoms with E-state index in [0.29, 0.717) is 5.92 Å². The van der Waals surface area contributed by atoms with Crippen molar-refractivity contribution in [3.63, 3.8) is 0 Å². The first kappa shape index (κ1) is 10.5. The van der Waals surface area contributed by atoms with Crippen molar-refractivity contribution in [1.29, 1.82) is 0 Å². The summed E-state index contributed by atoms with van der Waals surface area (Å²) < 4.78 is 5.29.